The van der Waals surface area contributed by atoms with Crippen LogP contribution in [0.2, 0.25) is 0 Å². The summed E-state index contributed by atoms with van der Waals surface area (Å²) in [7, 11) is 0. The fraction of sp³-hybridized carbons (Fsp3) is 0.529. The van der Waals surface area contributed by atoms with Gasteiger partial charge in [0, 0.05) is 43.5 Å². The molecule has 2 aromatic rings. The van der Waals surface area contributed by atoms with E-state index in [1.54, 1.807) is 18.7 Å². The Morgan fingerprint density at radius 1 is 1.30 bits per heavy atom. The molecule has 0 unspecified atom stereocenters. The molecule has 6 heteroatoms. The first-order chi connectivity index (χ1) is 11.4. The minimum atomic E-state index is 0.264. The SMILES string of the molecule is c1cnc(NC[C@@H]2OC[C@H]3CN(Cc4ccoc4)CC[C@H]32)nc1. The summed E-state index contributed by atoms with van der Waals surface area (Å²) in [5.41, 5.74) is 1.25. The zero-order chi connectivity index (χ0) is 15.5. The van der Waals surface area contributed by atoms with Gasteiger partial charge in [-0.05, 0) is 31.0 Å². The van der Waals surface area contributed by atoms with Gasteiger partial charge in [-0.1, -0.05) is 0 Å². The molecule has 1 N–H and O–H groups in total. The highest BCUT2D eigenvalue weighted by Crippen LogP contribution is 2.34. The van der Waals surface area contributed by atoms with Crippen molar-refractivity contribution >= 4 is 5.95 Å². The molecule has 6 nitrogen and oxygen atoms in total. The van der Waals surface area contributed by atoms with Crippen LogP contribution < -0.4 is 5.32 Å². The normalized spacial score (nSPS) is 27.7. The van der Waals surface area contributed by atoms with Crippen LogP contribution in [0.15, 0.2) is 41.5 Å². The van der Waals surface area contributed by atoms with Crippen molar-refractivity contribution in [2.45, 2.75) is 19.1 Å². The highest BCUT2D eigenvalue weighted by Gasteiger charge is 2.40. The molecule has 3 atom stereocenters. The van der Waals surface area contributed by atoms with Crippen LogP contribution in [0.25, 0.3) is 0 Å². The maximum absolute atomic E-state index is 6.04. The lowest BCUT2D eigenvalue weighted by Crippen LogP contribution is -2.42. The number of hydrogen-bond donors (Lipinski definition) is 1. The standard InChI is InChI=1S/C17H22N4O2/c1-4-18-17(19-5-1)20-8-16-15-2-6-21(10-14(15)12-23-16)9-13-3-7-22-11-13/h1,3-5,7,11,14-16H,2,6,8-10,12H2,(H,18,19,20)/t14-,15-,16+/m1/s1. The Hall–Kier alpha value is -1.92. The van der Waals surface area contributed by atoms with Gasteiger partial charge in [-0.15, -0.1) is 0 Å². The Labute approximate surface area is 135 Å². The first kappa shape index (κ1) is 14.7. The molecule has 2 aliphatic rings. The monoisotopic (exact) mass is 314 g/mol. The summed E-state index contributed by atoms with van der Waals surface area (Å²) in [6.07, 6.45) is 8.53. The summed E-state index contributed by atoms with van der Waals surface area (Å²) in [6.45, 7) is 4.84. The van der Waals surface area contributed by atoms with Crippen molar-refractivity contribution in [3.63, 3.8) is 0 Å². The third kappa shape index (κ3) is 3.38. The number of furan rings is 1. The Morgan fingerprint density at radius 2 is 2.22 bits per heavy atom. The predicted octanol–water partition coefficient (Wildman–Crippen LogP) is 2.02. The number of fused-ring (bicyclic) bond motifs is 1. The Morgan fingerprint density at radius 3 is 3.04 bits per heavy atom. The molecule has 0 bridgehead atoms. The van der Waals surface area contributed by atoms with Gasteiger partial charge in [-0.3, -0.25) is 4.90 Å². The van der Waals surface area contributed by atoms with Crippen molar-refractivity contribution in [3.8, 4) is 0 Å². The second-order valence-electron chi connectivity index (χ2n) is 6.40. The highest BCUT2D eigenvalue weighted by molar-refractivity contribution is 5.22. The van der Waals surface area contributed by atoms with Crippen molar-refractivity contribution in [1.82, 2.24) is 14.9 Å². The molecular weight excluding hydrogens is 292 g/mol. The number of piperidine rings is 1. The average Bonchev–Trinajstić information content (AvgIpc) is 3.23. The van der Waals surface area contributed by atoms with E-state index in [1.807, 2.05) is 18.4 Å². The molecule has 0 radical (unpaired) electrons. The summed E-state index contributed by atoms with van der Waals surface area (Å²) in [6, 6.07) is 3.87. The van der Waals surface area contributed by atoms with E-state index in [0.29, 0.717) is 17.8 Å². The Kier molecular flexibility index (Phi) is 4.26. The molecule has 4 heterocycles. The third-order valence-corrected chi connectivity index (χ3v) is 4.89. The van der Waals surface area contributed by atoms with E-state index < -0.39 is 0 Å². The Balaban J connectivity index is 1.30. The number of hydrogen-bond acceptors (Lipinski definition) is 6. The maximum Gasteiger partial charge on any atom is 0.222 e. The van der Waals surface area contributed by atoms with Gasteiger partial charge in [-0.25, -0.2) is 9.97 Å². The molecule has 122 valence electrons. The molecule has 2 fully saturated rings. The van der Waals surface area contributed by atoms with E-state index in [-0.39, 0.29) is 6.10 Å². The van der Waals surface area contributed by atoms with E-state index in [4.69, 9.17) is 9.15 Å². The molecule has 2 aromatic heterocycles. The average molecular weight is 314 g/mol. The van der Waals surface area contributed by atoms with Crippen LogP contribution in [0.4, 0.5) is 5.95 Å². The minimum Gasteiger partial charge on any atom is -0.472 e. The molecule has 2 aliphatic heterocycles. The zero-order valence-corrected chi connectivity index (χ0v) is 13.1. The van der Waals surface area contributed by atoms with E-state index in [1.165, 1.54) is 12.0 Å². The van der Waals surface area contributed by atoms with Gasteiger partial charge < -0.3 is 14.5 Å². The lowest BCUT2D eigenvalue weighted by Gasteiger charge is -2.35. The topological polar surface area (TPSA) is 63.4 Å². The van der Waals surface area contributed by atoms with Crippen LogP contribution in [-0.2, 0) is 11.3 Å². The number of anilines is 1. The van der Waals surface area contributed by atoms with Crippen LogP contribution in [-0.4, -0.2) is 47.2 Å². The molecule has 2 saturated heterocycles. The molecular formula is C17H22N4O2. The highest BCUT2D eigenvalue weighted by atomic mass is 16.5. The van der Waals surface area contributed by atoms with Crippen molar-refractivity contribution in [2.75, 3.05) is 31.6 Å². The van der Waals surface area contributed by atoms with Crippen LogP contribution in [0.5, 0.6) is 0 Å². The second-order valence-corrected chi connectivity index (χ2v) is 6.40. The second kappa shape index (κ2) is 6.68. The first-order valence-electron chi connectivity index (χ1n) is 8.24. The third-order valence-electron chi connectivity index (χ3n) is 4.89. The zero-order valence-electron chi connectivity index (χ0n) is 13.1. The van der Waals surface area contributed by atoms with Gasteiger partial charge in [0.05, 0.1) is 25.2 Å². The number of nitrogens with zero attached hydrogens (tertiary/aromatic N) is 3. The van der Waals surface area contributed by atoms with Crippen molar-refractivity contribution in [1.29, 1.82) is 0 Å². The Bertz CT molecular complexity index is 604. The van der Waals surface area contributed by atoms with Gasteiger partial charge in [-0.2, -0.15) is 0 Å². The lowest BCUT2D eigenvalue weighted by atomic mass is 9.84. The fourth-order valence-electron chi connectivity index (χ4n) is 3.74. The summed E-state index contributed by atoms with van der Waals surface area (Å²) >= 11 is 0. The van der Waals surface area contributed by atoms with Gasteiger partial charge in [0.2, 0.25) is 5.95 Å². The number of ether oxygens (including phenoxy) is 1. The first-order valence-corrected chi connectivity index (χ1v) is 8.24. The summed E-state index contributed by atoms with van der Waals surface area (Å²) in [5.74, 6) is 1.93. The summed E-state index contributed by atoms with van der Waals surface area (Å²) in [4.78, 5) is 10.9. The van der Waals surface area contributed by atoms with Crippen molar-refractivity contribution in [2.24, 2.45) is 11.8 Å². The predicted molar refractivity (Wildman–Crippen MR) is 85.8 cm³/mol. The van der Waals surface area contributed by atoms with E-state index in [9.17, 15) is 0 Å². The van der Waals surface area contributed by atoms with Gasteiger partial charge in [0.25, 0.3) is 0 Å². The number of nitrogens with one attached hydrogen (secondary N) is 1. The van der Waals surface area contributed by atoms with E-state index in [2.05, 4.69) is 20.2 Å². The molecule has 0 aliphatic carbocycles. The fourth-order valence-corrected chi connectivity index (χ4v) is 3.74. The maximum atomic E-state index is 6.04. The van der Waals surface area contributed by atoms with Crippen LogP contribution in [0, 0.1) is 11.8 Å². The molecule has 0 saturated carbocycles. The smallest absolute Gasteiger partial charge is 0.222 e. The van der Waals surface area contributed by atoms with Crippen LogP contribution >= 0.6 is 0 Å². The van der Waals surface area contributed by atoms with Crippen LogP contribution in [0.1, 0.15) is 12.0 Å². The van der Waals surface area contributed by atoms with Gasteiger partial charge >= 0.3 is 0 Å². The minimum absolute atomic E-state index is 0.264. The van der Waals surface area contributed by atoms with Crippen LogP contribution in [0.3, 0.4) is 0 Å². The molecule has 4 rings (SSSR count). The number of aromatic nitrogens is 2. The van der Waals surface area contributed by atoms with Gasteiger partial charge in [0.1, 0.15) is 0 Å². The largest absolute Gasteiger partial charge is 0.472 e. The van der Waals surface area contributed by atoms with E-state index >= 15 is 0 Å². The molecule has 0 spiro atoms. The molecule has 0 amide bonds. The van der Waals surface area contributed by atoms with E-state index in [0.717, 1.165) is 32.8 Å². The van der Waals surface area contributed by atoms with Gasteiger partial charge in [0.15, 0.2) is 0 Å². The van der Waals surface area contributed by atoms with Crippen molar-refractivity contribution in [3.05, 3.63) is 42.6 Å². The number of rotatable bonds is 5. The molecule has 23 heavy (non-hydrogen) atoms. The summed E-state index contributed by atoms with van der Waals surface area (Å²) in [5, 5.41) is 3.29. The number of likely N-dealkylation sites (tertiary alicyclic amines) is 1. The quantitative estimate of drug-likeness (QED) is 0.911. The van der Waals surface area contributed by atoms with Crippen molar-refractivity contribution < 1.29 is 9.15 Å². The lowest BCUT2D eigenvalue weighted by molar-refractivity contribution is 0.0946. The molecule has 0 aromatic carbocycles. The summed E-state index contributed by atoms with van der Waals surface area (Å²) < 4.78 is 11.2.